The van der Waals surface area contributed by atoms with Crippen LogP contribution in [0.4, 0.5) is 13.2 Å². The third kappa shape index (κ3) is 2.92. The first-order chi connectivity index (χ1) is 12.8. The number of H-pyrrole nitrogens is 3. The molecule has 0 unspecified atom stereocenters. The molecule has 4 aromatic rings. The number of nitrogens with one attached hydrogen (secondary N) is 3. The van der Waals surface area contributed by atoms with E-state index in [1.807, 2.05) is 0 Å². The van der Waals surface area contributed by atoms with Crippen LogP contribution in [0.1, 0.15) is 16.8 Å². The van der Waals surface area contributed by atoms with E-state index in [1.54, 1.807) is 0 Å². The maximum absolute atomic E-state index is 12.9. The van der Waals surface area contributed by atoms with Gasteiger partial charge in [-0.1, -0.05) is 18.2 Å². The van der Waals surface area contributed by atoms with Gasteiger partial charge in [0.05, 0.1) is 29.5 Å². The van der Waals surface area contributed by atoms with Crippen molar-refractivity contribution in [1.82, 2.24) is 29.7 Å². The monoisotopic (exact) mass is 376 g/mol. The summed E-state index contributed by atoms with van der Waals surface area (Å²) in [6.07, 6.45) is -1.91. The lowest BCUT2D eigenvalue weighted by Crippen LogP contribution is -2.34. The summed E-state index contributed by atoms with van der Waals surface area (Å²) in [6.45, 7) is 0. The van der Waals surface area contributed by atoms with E-state index in [4.69, 9.17) is 0 Å². The van der Waals surface area contributed by atoms with Gasteiger partial charge in [0.1, 0.15) is 5.52 Å². The first-order valence-electron chi connectivity index (χ1n) is 7.72. The Labute approximate surface area is 147 Å². The second kappa shape index (κ2) is 5.97. The molecule has 0 atom stereocenters. The summed E-state index contributed by atoms with van der Waals surface area (Å²) in [5.74, 6) is 0. The standard InChI is InChI=1S/C16H11F3N6O2/c17-16(18,19)9-3-1-2-8(4-9)5-10-11(6-22-24-10)25-14(26)12-13(21-7-20-12)23-15(25)27/h1-4,6-7H,5H2,(H,20,21)(H,22,24)(H,23,27). The third-order valence-corrected chi connectivity index (χ3v) is 4.06. The van der Waals surface area contributed by atoms with Gasteiger partial charge in [0, 0.05) is 6.42 Å². The molecule has 0 radical (unpaired) electrons. The number of benzene rings is 1. The zero-order valence-corrected chi connectivity index (χ0v) is 13.5. The first-order valence-corrected chi connectivity index (χ1v) is 7.72. The van der Waals surface area contributed by atoms with E-state index in [0.29, 0.717) is 11.3 Å². The van der Waals surface area contributed by atoms with Crippen molar-refractivity contribution in [1.29, 1.82) is 0 Å². The molecule has 3 heterocycles. The molecule has 0 fully saturated rings. The van der Waals surface area contributed by atoms with E-state index in [0.717, 1.165) is 16.7 Å². The number of imidazole rings is 1. The molecular weight excluding hydrogens is 365 g/mol. The van der Waals surface area contributed by atoms with E-state index >= 15 is 0 Å². The fourth-order valence-corrected chi connectivity index (χ4v) is 2.82. The van der Waals surface area contributed by atoms with Gasteiger partial charge in [0.15, 0.2) is 5.65 Å². The molecule has 0 spiro atoms. The molecule has 3 aromatic heterocycles. The number of alkyl halides is 3. The predicted octanol–water partition coefficient (Wildman–Crippen LogP) is 1.73. The Hall–Kier alpha value is -3.63. The largest absolute Gasteiger partial charge is 0.416 e. The fraction of sp³-hybridized carbons (Fsp3) is 0.125. The summed E-state index contributed by atoms with van der Waals surface area (Å²) in [6, 6.07) is 4.79. The minimum absolute atomic E-state index is 0.0200. The summed E-state index contributed by atoms with van der Waals surface area (Å²) in [5, 5.41) is 6.47. The minimum atomic E-state index is -4.47. The van der Waals surface area contributed by atoms with E-state index in [9.17, 15) is 22.8 Å². The van der Waals surface area contributed by atoms with E-state index < -0.39 is 23.0 Å². The zero-order chi connectivity index (χ0) is 19.2. The van der Waals surface area contributed by atoms with Crippen molar-refractivity contribution in [3.8, 4) is 5.69 Å². The fourth-order valence-electron chi connectivity index (χ4n) is 2.82. The molecule has 0 saturated carbocycles. The summed E-state index contributed by atoms with van der Waals surface area (Å²) >= 11 is 0. The van der Waals surface area contributed by atoms with E-state index in [1.165, 1.54) is 24.7 Å². The van der Waals surface area contributed by atoms with E-state index in [-0.39, 0.29) is 23.3 Å². The van der Waals surface area contributed by atoms with Crippen molar-refractivity contribution in [2.45, 2.75) is 12.6 Å². The van der Waals surface area contributed by atoms with Gasteiger partial charge in [0.25, 0.3) is 5.56 Å². The van der Waals surface area contributed by atoms with Gasteiger partial charge in [-0.25, -0.2) is 14.3 Å². The Morgan fingerprint density at radius 2 is 2.00 bits per heavy atom. The molecule has 1 aromatic carbocycles. The quantitative estimate of drug-likeness (QED) is 0.505. The average Bonchev–Trinajstić information content (AvgIpc) is 3.24. The molecule has 0 aliphatic rings. The highest BCUT2D eigenvalue weighted by Crippen LogP contribution is 2.30. The highest BCUT2D eigenvalue weighted by atomic mass is 19.4. The number of rotatable bonds is 3. The molecule has 4 rings (SSSR count). The molecule has 138 valence electrons. The summed E-state index contributed by atoms with van der Waals surface area (Å²) in [5.41, 5.74) is -1.12. The summed E-state index contributed by atoms with van der Waals surface area (Å²) < 4.78 is 39.5. The summed E-state index contributed by atoms with van der Waals surface area (Å²) in [7, 11) is 0. The van der Waals surface area contributed by atoms with Crippen LogP contribution in [-0.4, -0.2) is 29.7 Å². The zero-order valence-electron chi connectivity index (χ0n) is 13.5. The molecule has 0 saturated heterocycles. The van der Waals surface area contributed by atoms with Gasteiger partial charge < -0.3 is 4.98 Å². The lowest BCUT2D eigenvalue weighted by molar-refractivity contribution is -0.137. The number of fused-ring (bicyclic) bond motifs is 1. The Morgan fingerprint density at radius 3 is 2.78 bits per heavy atom. The van der Waals surface area contributed by atoms with Crippen molar-refractivity contribution in [2.75, 3.05) is 0 Å². The van der Waals surface area contributed by atoms with Gasteiger partial charge >= 0.3 is 11.9 Å². The number of aromatic nitrogens is 6. The Balaban J connectivity index is 1.79. The second-order valence-corrected chi connectivity index (χ2v) is 5.81. The molecular formula is C16H11F3N6O2. The lowest BCUT2D eigenvalue weighted by Gasteiger charge is -2.09. The maximum atomic E-state index is 12.9. The van der Waals surface area contributed by atoms with Crippen LogP contribution in [0.5, 0.6) is 0 Å². The number of halogens is 3. The molecule has 0 aliphatic carbocycles. The first kappa shape index (κ1) is 16.8. The van der Waals surface area contributed by atoms with E-state index in [2.05, 4.69) is 25.1 Å². The van der Waals surface area contributed by atoms with Crippen molar-refractivity contribution in [2.24, 2.45) is 0 Å². The van der Waals surface area contributed by atoms with Crippen LogP contribution >= 0.6 is 0 Å². The molecule has 3 N–H and O–H groups in total. The molecule has 8 nitrogen and oxygen atoms in total. The van der Waals surface area contributed by atoms with Gasteiger partial charge in [-0.3, -0.25) is 14.9 Å². The smallest absolute Gasteiger partial charge is 0.339 e. The van der Waals surface area contributed by atoms with Crippen molar-refractivity contribution >= 4 is 11.2 Å². The van der Waals surface area contributed by atoms with Crippen molar-refractivity contribution < 1.29 is 13.2 Å². The van der Waals surface area contributed by atoms with Crippen LogP contribution in [0.15, 0.2) is 46.4 Å². The molecule has 27 heavy (non-hydrogen) atoms. The summed E-state index contributed by atoms with van der Waals surface area (Å²) in [4.78, 5) is 33.8. The van der Waals surface area contributed by atoms with Gasteiger partial charge in [-0.15, -0.1) is 0 Å². The number of hydrogen-bond donors (Lipinski definition) is 3. The van der Waals surface area contributed by atoms with Crippen LogP contribution in [-0.2, 0) is 12.6 Å². The van der Waals surface area contributed by atoms with Crippen LogP contribution in [0.3, 0.4) is 0 Å². The number of nitrogens with zero attached hydrogens (tertiary/aromatic N) is 3. The molecule has 0 amide bonds. The highest BCUT2D eigenvalue weighted by Gasteiger charge is 2.30. The van der Waals surface area contributed by atoms with Crippen LogP contribution < -0.4 is 11.2 Å². The highest BCUT2D eigenvalue weighted by molar-refractivity contribution is 5.68. The predicted molar refractivity (Wildman–Crippen MR) is 88.7 cm³/mol. The average molecular weight is 376 g/mol. The van der Waals surface area contributed by atoms with Crippen LogP contribution in [0, 0.1) is 0 Å². The van der Waals surface area contributed by atoms with Crippen LogP contribution in [0.25, 0.3) is 16.9 Å². The molecule has 0 bridgehead atoms. The van der Waals surface area contributed by atoms with Crippen LogP contribution in [0.2, 0.25) is 0 Å². The van der Waals surface area contributed by atoms with Gasteiger partial charge in [0.2, 0.25) is 0 Å². The Bertz CT molecular complexity index is 1250. The Morgan fingerprint density at radius 1 is 1.19 bits per heavy atom. The number of hydrogen-bond acceptors (Lipinski definition) is 4. The number of aromatic amines is 3. The van der Waals surface area contributed by atoms with Crippen molar-refractivity contribution in [3.63, 3.8) is 0 Å². The normalized spacial score (nSPS) is 12.0. The van der Waals surface area contributed by atoms with Gasteiger partial charge in [-0.2, -0.15) is 18.3 Å². The molecule has 11 heteroatoms. The maximum Gasteiger partial charge on any atom is 0.416 e. The Kier molecular flexibility index (Phi) is 3.72. The topological polar surface area (TPSA) is 112 Å². The second-order valence-electron chi connectivity index (χ2n) is 5.81. The third-order valence-electron chi connectivity index (χ3n) is 4.06. The lowest BCUT2D eigenvalue weighted by atomic mass is 10.1. The molecule has 0 aliphatic heterocycles. The minimum Gasteiger partial charge on any atom is -0.339 e. The van der Waals surface area contributed by atoms with Gasteiger partial charge in [-0.05, 0) is 11.6 Å². The SMILES string of the molecule is O=c1[nH]c2nc[nH]c2c(=O)n1-c1cn[nH]c1Cc1cccc(C(F)(F)F)c1. The van der Waals surface area contributed by atoms with Crippen molar-refractivity contribution in [3.05, 3.63) is 74.4 Å².